The van der Waals surface area contributed by atoms with Gasteiger partial charge in [0.15, 0.2) is 0 Å². The van der Waals surface area contributed by atoms with Crippen molar-refractivity contribution in [2.24, 2.45) is 5.92 Å². The third kappa shape index (κ3) is 2.73. The van der Waals surface area contributed by atoms with Crippen LogP contribution in [0, 0.1) is 12.8 Å². The van der Waals surface area contributed by atoms with Crippen LogP contribution in [0.4, 0.5) is 5.13 Å². The van der Waals surface area contributed by atoms with Crippen molar-refractivity contribution in [3.8, 4) is 0 Å². The first kappa shape index (κ1) is 10.5. The van der Waals surface area contributed by atoms with Crippen molar-refractivity contribution in [3.05, 3.63) is 5.01 Å². The Morgan fingerprint density at radius 2 is 2.20 bits per heavy atom. The second kappa shape index (κ2) is 4.67. The largest absolute Gasteiger partial charge is 0.317 e. The highest BCUT2D eigenvalue weighted by Gasteiger charge is 2.21. The van der Waals surface area contributed by atoms with Crippen LogP contribution in [0.1, 0.15) is 17.8 Å². The number of nitrogens with one attached hydrogen (secondary N) is 2. The highest BCUT2D eigenvalue weighted by Crippen LogP contribution is 2.18. The first-order chi connectivity index (χ1) is 7.25. The van der Waals surface area contributed by atoms with Crippen LogP contribution in [0.15, 0.2) is 0 Å². The summed E-state index contributed by atoms with van der Waals surface area (Å²) >= 11 is 1.41. The molecule has 0 atom stereocenters. The van der Waals surface area contributed by atoms with E-state index < -0.39 is 0 Å². The molecule has 0 bridgehead atoms. The van der Waals surface area contributed by atoms with Gasteiger partial charge < -0.3 is 10.6 Å². The van der Waals surface area contributed by atoms with Gasteiger partial charge in [-0.15, -0.1) is 10.2 Å². The van der Waals surface area contributed by atoms with Gasteiger partial charge in [0, 0.05) is 5.92 Å². The maximum Gasteiger partial charge on any atom is 0.229 e. The van der Waals surface area contributed by atoms with Crippen LogP contribution in [0.2, 0.25) is 0 Å². The van der Waals surface area contributed by atoms with Gasteiger partial charge in [0.1, 0.15) is 5.01 Å². The fourth-order valence-corrected chi connectivity index (χ4v) is 2.23. The third-order valence-electron chi connectivity index (χ3n) is 2.47. The Morgan fingerprint density at radius 1 is 1.47 bits per heavy atom. The van der Waals surface area contributed by atoms with Gasteiger partial charge in [0.2, 0.25) is 11.0 Å². The molecule has 2 rings (SSSR count). The van der Waals surface area contributed by atoms with E-state index in [-0.39, 0.29) is 11.8 Å². The molecular weight excluding hydrogens is 212 g/mol. The number of aryl methyl sites for hydroxylation is 1. The van der Waals surface area contributed by atoms with Crippen molar-refractivity contribution in [1.29, 1.82) is 0 Å². The fourth-order valence-electron chi connectivity index (χ4n) is 1.64. The number of carbonyl (C=O) groups is 1. The molecule has 1 aromatic heterocycles. The van der Waals surface area contributed by atoms with E-state index in [1.54, 1.807) is 0 Å². The van der Waals surface area contributed by atoms with E-state index in [4.69, 9.17) is 0 Å². The Morgan fingerprint density at radius 3 is 2.80 bits per heavy atom. The normalized spacial score (nSPS) is 17.7. The van der Waals surface area contributed by atoms with Gasteiger partial charge in [-0.05, 0) is 32.9 Å². The summed E-state index contributed by atoms with van der Waals surface area (Å²) in [5.74, 6) is 0.197. The number of anilines is 1. The van der Waals surface area contributed by atoms with Crippen molar-refractivity contribution in [1.82, 2.24) is 15.5 Å². The lowest BCUT2D eigenvalue weighted by molar-refractivity contribution is -0.120. The third-order valence-corrected chi connectivity index (χ3v) is 3.22. The van der Waals surface area contributed by atoms with E-state index in [1.165, 1.54) is 11.3 Å². The number of carbonyl (C=O) groups excluding carboxylic acids is 1. The monoisotopic (exact) mass is 226 g/mol. The Bertz CT molecular complexity index is 346. The summed E-state index contributed by atoms with van der Waals surface area (Å²) in [5.41, 5.74) is 0. The molecule has 6 heteroatoms. The summed E-state index contributed by atoms with van der Waals surface area (Å²) in [6.45, 7) is 3.72. The van der Waals surface area contributed by atoms with E-state index in [0.29, 0.717) is 5.13 Å². The number of rotatable bonds is 2. The zero-order valence-corrected chi connectivity index (χ0v) is 9.43. The molecule has 1 aliphatic rings. The molecule has 0 aromatic carbocycles. The summed E-state index contributed by atoms with van der Waals surface area (Å²) < 4.78 is 0. The molecule has 15 heavy (non-hydrogen) atoms. The Labute approximate surface area is 92.3 Å². The summed E-state index contributed by atoms with van der Waals surface area (Å²) in [6, 6.07) is 0. The minimum absolute atomic E-state index is 0.0765. The van der Waals surface area contributed by atoms with Gasteiger partial charge in [-0.2, -0.15) is 0 Å². The Hall–Kier alpha value is -1.01. The van der Waals surface area contributed by atoms with Crippen LogP contribution in [-0.2, 0) is 4.79 Å². The van der Waals surface area contributed by atoms with Gasteiger partial charge in [-0.1, -0.05) is 11.3 Å². The Balaban J connectivity index is 1.91. The predicted molar refractivity (Wildman–Crippen MR) is 58.9 cm³/mol. The lowest BCUT2D eigenvalue weighted by atomic mass is 9.97. The molecule has 0 unspecified atom stereocenters. The lowest BCUT2D eigenvalue weighted by Gasteiger charge is -2.20. The molecule has 0 spiro atoms. The number of hydrogen-bond acceptors (Lipinski definition) is 5. The molecule has 1 aromatic rings. The molecule has 82 valence electrons. The van der Waals surface area contributed by atoms with Gasteiger partial charge >= 0.3 is 0 Å². The lowest BCUT2D eigenvalue weighted by Crippen LogP contribution is -2.34. The standard InChI is InChI=1S/C9H14N4OS/c1-6-12-13-9(15-6)11-8(14)7-2-4-10-5-3-7/h7,10H,2-5H2,1H3,(H,11,13,14). The van der Waals surface area contributed by atoms with E-state index in [0.717, 1.165) is 30.9 Å². The number of hydrogen-bond donors (Lipinski definition) is 2. The zero-order valence-electron chi connectivity index (χ0n) is 8.62. The zero-order chi connectivity index (χ0) is 10.7. The number of nitrogens with zero attached hydrogens (tertiary/aromatic N) is 2. The summed E-state index contributed by atoms with van der Waals surface area (Å²) in [5, 5.41) is 15.2. The van der Waals surface area contributed by atoms with Crippen LogP contribution in [-0.4, -0.2) is 29.2 Å². The SMILES string of the molecule is Cc1nnc(NC(=O)C2CCNCC2)s1. The van der Waals surface area contributed by atoms with E-state index in [9.17, 15) is 4.79 Å². The number of piperidine rings is 1. The van der Waals surface area contributed by atoms with E-state index in [2.05, 4.69) is 20.8 Å². The average Bonchev–Trinajstić information content (AvgIpc) is 2.65. The van der Waals surface area contributed by atoms with E-state index in [1.807, 2.05) is 6.92 Å². The van der Waals surface area contributed by atoms with Crippen LogP contribution >= 0.6 is 11.3 Å². The highest BCUT2D eigenvalue weighted by molar-refractivity contribution is 7.15. The summed E-state index contributed by atoms with van der Waals surface area (Å²) in [7, 11) is 0. The van der Waals surface area contributed by atoms with Gasteiger partial charge in [0.05, 0.1) is 0 Å². The number of aromatic nitrogens is 2. The van der Waals surface area contributed by atoms with Gasteiger partial charge in [-0.25, -0.2) is 0 Å². The van der Waals surface area contributed by atoms with Crippen molar-refractivity contribution < 1.29 is 4.79 Å². The molecule has 1 aliphatic heterocycles. The molecular formula is C9H14N4OS. The molecule has 2 heterocycles. The van der Waals surface area contributed by atoms with Crippen LogP contribution in [0.3, 0.4) is 0 Å². The van der Waals surface area contributed by atoms with Crippen LogP contribution in [0.5, 0.6) is 0 Å². The first-order valence-corrected chi connectivity index (χ1v) is 5.89. The van der Waals surface area contributed by atoms with Crippen LogP contribution < -0.4 is 10.6 Å². The van der Waals surface area contributed by atoms with Gasteiger partial charge in [0.25, 0.3) is 0 Å². The molecule has 0 aliphatic carbocycles. The number of amides is 1. The van der Waals surface area contributed by atoms with Crippen molar-refractivity contribution in [2.45, 2.75) is 19.8 Å². The first-order valence-electron chi connectivity index (χ1n) is 5.07. The molecule has 5 nitrogen and oxygen atoms in total. The maximum atomic E-state index is 11.8. The summed E-state index contributed by atoms with van der Waals surface area (Å²) in [6.07, 6.45) is 1.81. The molecule has 2 N–H and O–H groups in total. The predicted octanol–water partition coefficient (Wildman–Crippen LogP) is 0.785. The van der Waals surface area contributed by atoms with E-state index >= 15 is 0 Å². The molecule has 1 saturated heterocycles. The quantitative estimate of drug-likeness (QED) is 0.782. The molecule has 0 saturated carbocycles. The molecule has 1 fully saturated rings. The molecule has 0 radical (unpaired) electrons. The second-order valence-electron chi connectivity index (χ2n) is 3.64. The van der Waals surface area contributed by atoms with Crippen molar-refractivity contribution in [2.75, 3.05) is 18.4 Å². The maximum absolute atomic E-state index is 11.8. The van der Waals surface area contributed by atoms with Gasteiger partial charge in [-0.3, -0.25) is 4.79 Å². The topological polar surface area (TPSA) is 66.9 Å². The van der Waals surface area contributed by atoms with Crippen molar-refractivity contribution >= 4 is 22.4 Å². The van der Waals surface area contributed by atoms with Crippen molar-refractivity contribution in [3.63, 3.8) is 0 Å². The second-order valence-corrected chi connectivity index (χ2v) is 4.82. The Kier molecular flexibility index (Phi) is 3.27. The summed E-state index contributed by atoms with van der Waals surface area (Å²) in [4.78, 5) is 11.8. The highest BCUT2D eigenvalue weighted by atomic mass is 32.1. The minimum atomic E-state index is 0.0765. The fraction of sp³-hybridized carbons (Fsp3) is 0.667. The molecule has 1 amide bonds. The average molecular weight is 226 g/mol. The smallest absolute Gasteiger partial charge is 0.229 e. The van der Waals surface area contributed by atoms with Crippen LogP contribution in [0.25, 0.3) is 0 Å². The minimum Gasteiger partial charge on any atom is -0.317 e.